The van der Waals surface area contributed by atoms with Crippen LogP contribution in [0.5, 0.6) is 0 Å². The van der Waals surface area contributed by atoms with E-state index in [1.54, 1.807) is 12.1 Å². The molecule has 3 rings (SSSR count). The summed E-state index contributed by atoms with van der Waals surface area (Å²) >= 11 is 0. The average molecular weight is 509 g/mol. The van der Waals surface area contributed by atoms with E-state index in [-0.39, 0.29) is 46.9 Å². The molecular weight excluding hydrogens is 482 g/mol. The second-order valence-corrected chi connectivity index (χ2v) is 7.45. The Labute approximate surface area is 203 Å². The summed E-state index contributed by atoms with van der Waals surface area (Å²) in [7, 11) is 0. The van der Waals surface area contributed by atoms with Gasteiger partial charge in [-0.15, -0.1) is 0 Å². The van der Waals surface area contributed by atoms with Gasteiger partial charge in [0.1, 0.15) is 6.04 Å². The van der Waals surface area contributed by atoms with Crippen molar-refractivity contribution in [2.45, 2.75) is 24.9 Å². The van der Waals surface area contributed by atoms with E-state index in [9.17, 15) is 29.1 Å². The lowest BCUT2D eigenvalue weighted by Gasteiger charge is -2.34. The van der Waals surface area contributed by atoms with Gasteiger partial charge in [0.2, 0.25) is 12.4 Å². The molecule has 0 bridgehead atoms. The number of carbonyl (C=O) groups excluding carboxylic acids is 2. The van der Waals surface area contributed by atoms with E-state index in [0.29, 0.717) is 18.6 Å². The molecular formula is C20H27N7O9. The van der Waals surface area contributed by atoms with Crippen LogP contribution in [0.25, 0.3) is 0 Å². The highest BCUT2D eigenvalue weighted by atomic mass is 16.4. The molecule has 1 aliphatic rings. The predicted octanol–water partition coefficient (Wildman–Crippen LogP) is -2.38. The fourth-order valence-corrected chi connectivity index (χ4v) is 3.39. The number of hydrogen-bond donors (Lipinski definition) is 7. The Morgan fingerprint density at radius 1 is 1.22 bits per heavy atom. The number of rotatable bonds is 10. The summed E-state index contributed by atoms with van der Waals surface area (Å²) < 4.78 is 0. The Bertz CT molecular complexity index is 1150. The van der Waals surface area contributed by atoms with Crippen molar-refractivity contribution in [1.29, 1.82) is 0 Å². The molecule has 1 aliphatic heterocycles. The molecule has 196 valence electrons. The molecule has 0 radical (unpaired) electrons. The third-order valence-electron chi connectivity index (χ3n) is 5.12. The van der Waals surface area contributed by atoms with Gasteiger partial charge in [-0.3, -0.25) is 24.2 Å². The maximum atomic E-state index is 12.3. The fourth-order valence-electron chi connectivity index (χ4n) is 3.39. The molecule has 1 unspecified atom stereocenters. The molecule has 16 heteroatoms. The van der Waals surface area contributed by atoms with Crippen LogP contribution in [0.3, 0.4) is 0 Å². The van der Waals surface area contributed by atoms with Gasteiger partial charge in [-0.05, 0) is 30.7 Å². The predicted molar refractivity (Wildman–Crippen MR) is 128 cm³/mol. The molecule has 1 aromatic heterocycles. The Hall–Kier alpha value is -4.70. The SMILES string of the molecule is Nc1nc2c(c(=O)[nH]1)N(C=O)C(CNc1ccc(C(=O)N[C@@H](CCC(=O)O)C(=O)O)cc1)CN2.O.O. The molecule has 16 nitrogen and oxygen atoms in total. The van der Waals surface area contributed by atoms with Crippen molar-refractivity contribution < 1.29 is 40.3 Å². The smallest absolute Gasteiger partial charge is 0.326 e. The molecule has 0 fully saturated rings. The van der Waals surface area contributed by atoms with Crippen LogP contribution >= 0.6 is 0 Å². The highest BCUT2D eigenvalue weighted by Crippen LogP contribution is 2.25. The largest absolute Gasteiger partial charge is 0.481 e. The Kier molecular flexibility index (Phi) is 10.3. The maximum Gasteiger partial charge on any atom is 0.326 e. The minimum atomic E-state index is -1.33. The number of aromatic amines is 1. The monoisotopic (exact) mass is 509 g/mol. The number of nitrogens with one attached hydrogen (secondary N) is 4. The lowest BCUT2D eigenvalue weighted by Crippen LogP contribution is -2.50. The van der Waals surface area contributed by atoms with Gasteiger partial charge in [0.05, 0.1) is 6.04 Å². The minimum Gasteiger partial charge on any atom is -0.481 e. The number of nitrogen functional groups attached to an aromatic ring is 1. The number of carboxylic acid groups (broad SMARTS) is 2. The molecule has 2 aromatic rings. The van der Waals surface area contributed by atoms with E-state index in [2.05, 4.69) is 25.9 Å². The van der Waals surface area contributed by atoms with E-state index >= 15 is 0 Å². The summed E-state index contributed by atoms with van der Waals surface area (Å²) in [5, 5.41) is 26.3. The lowest BCUT2D eigenvalue weighted by molar-refractivity contribution is -0.140. The normalized spacial score (nSPS) is 14.6. The number of aromatic nitrogens is 2. The third kappa shape index (κ3) is 6.90. The van der Waals surface area contributed by atoms with Crippen LogP contribution in [-0.2, 0) is 14.4 Å². The molecule has 0 saturated heterocycles. The van der Waals surface area contributed by atoms with Crippen LogP contribution in [0.15, 0.2) is 29.1 Å². The van der Waals surface area contributed by atoms with E-state index in [0.717, 1.165) is 0 Å². The van der Waals surface area contributed by atoms with Gasteiger partial charge in [-0.2, -0.15) is 4.98 Å². The minimum absolute atomic E-state index is 0. The molecule has 0 spiro atoms. The standard InChI is InChI=1S/C20H23N7O7.2H2O/c21-20-25-16-15(18(32)26-20)27(9-28)12(8-23-16)7-22-11-3-1-10(2-4-11)17(31)24-13(19(33)34)5-6-14(29)30;;/h1-4,9,12-13,22H,5-8H2,(H,24,31)(H,29,30)(H,33,34)(H4,21,23,25,26,32);2*1H2/t12?,13-;;/m0../s1. The molecule has 2 heterocycles. The number of fused-ring (bicyclic) bond motifs is 1. The van der Waals surface area contributed by atoms with Crippen LogP contribution < -0.4 is 32.1 Å². The second kappa shape index (κ2) is 12.7. The number of carboxylic acids is 2. The summed E-state index contributed by atoms with van der Waals surface area (Å²) in [5.41, 5.74) is 5.84. The quantitative estimate of drug-likeness (QED) is 0.166. The average Bonchev–Trinajstić information content (AvgIpc) is 2.79. The maximum absolute atomic E-state index is 12.3. The number of amides is 2. The molecule has 2 atom stereocenters. The molecule has 2 amide bonds. The summed E-state index contributed by atoms with van der Waals surface area (Å²) in [5.74, 6) is -3.00. The van der Waals surface area contributed by atoms with Crippen molar-refractivity contribution in [3.05, 3.63) is 40.2 Å². The van der Waals surface area contributed by atoms with E-state index < -0.39 is 41.9 Å². The number of anilines is 4. The van der Waals surface area contributed by atoms with Crippen molar-refractivity contribution in [3.63, 3.8) is 0 Å². The van der Waals surface area contributed by atoms with Crippen molar-refractivity contribution >= 4 is 47.4 Å². The first-order valence-corrected chi connectivity index (χ1v) is 10.2. The summed E-state index contributed by atoms with van der Waals surface area (Å²) in [6, 6.07) is 4.36. The van der Waals surface area contributed by atoms with Crippen molar-refractivity contribution in [1.82, 2.24) is 15.3 Å². The number of nitrogens with two attached hydrogens (primary N) is 1. The van der Waals surface area contributed by atoms with Crippen molar-refractivity contribution in [2.75, 3.05) is 34.4 Å². The van der Waals surface area contributed by atoms with Gasteiger partial charge in [0, 0.05) is 30.8 Å². The number of carbonyl (C=O) groups is 4. The summed E-state index contributed by atoms with van der Waals surface area (Å²) in [6.45, 7) is 0.568. The zero-order valence-corrected chi connectivity index (χ0v) is 18.8. The first-order chi connectivity index (χ1) is 16.2. The van der Waals surface area contributed by atoms with Crippen LogP contribution in [0.2, 0.25) is 0 Å². The van der Waals surface area contributed by atoms with Gasteiger partial charge in [0.25, 0.3) is 11.5 Å². The van der Waals surface area contributed by atoms with Crippen LogP contribution in [0.4, 0.5) is 23.1 Å². The first-order valence-electron chi connectivity index (χ1n) is 10.2. The lowest BCUT2D eigenvalue weighted by atomic mass is 10.1. The number of benzene rings is 1. The van der Waals surface area contributed by atoms with Gasteiger partial charge < -0.3 is 47.7 Å². The number of hydrogen-bond acceptors (Lipinski definition) is 9. The summed E-state index contributed by atoms with van der Waals surface area (Å²) in [4.78, 5) is 65.7. The van der Waals surface area contributed by atoms with Crippen LogP contribution in [0, 0.1) is 0 Å². The number of nitrogens with zero attached hydrogens (tertiary/aromatic N) is 2. The van der Waals surface area contributed by atoms with Gasteiger partial charge in [0.15, 0.2) is 11.5 Å². The van der Waals surface area contributed by atoms with E-state index in [4.69, 9.17) is 10.8 Å². The Morgan fingerprint density at radius 3 is 2.47 bits per heavy atom. The van der Waals surface area contributed by atoms with E-state index in [1.807, 2.05) is 0 Å². The van der Waals surface area contributed by atoms with Gasteiger partial charge >= 0.3 is 11.9 Å². The number of H-pyrrole nitrogens is 1. The topological polar surface area (TPSA) is 283 Å². The molecule has 36 heavy (non-hydrogen) atoms. The molecule has 0 aliphatic carbocycles. The number of aliphatic carboxylic acids is 2. The second-order valence-electron chi connectivity index (χ2n) is 7.45. The molecule has 12 N–H and O–H groups in total. The highest BCUT2D eigenvalue weighted by molar-refractivity contribution is 5.97. The van der Waals surface area contributed by atoms with Gasteiger partial charge in [-0.1, -0.05) is 0 Å². The summed E-state index contributed by atoms with van der Waals surface area (Å²) in [6.07, 6.45) is -0.101. The zero-order valence-electron chi connectivity index (χ0n) is 18.8. The molecule has 0 saturated carbocycles. The van der Waals surface area contributed by atoms with Crippen molar-refractivity contribution in [3.8, 4) is 0 Å². The van der Waals surface area contributed by atoms with Gasteiger partial charge in [-0.25, -0.2) is 4.79 Å². The first kappa shape index (κ1) is 29.3. The van der Waals surface area contributed by atoms with Crippen LogP contribution in [-0.4, -0.2) is 80.6 Å². The van der Waals surface area contributed by atoms with Crippen molar-refractivity contribution in [2.24, 2.45) is 0 Å². The van der Waals surface area contributed by atoms with Crippen LogP contribution in [0.1, 0.15) is 23.2 Å². The Morgan fingerprint density at radius 2 is 1.89 bits per heavy atom. The zero-order chi connectivity index (χ0) is 24.8. The fraction of sp³-hybridized carbons (Fsp3) is 0.300. The molecule has 1 aromatic carbocycles. The highest BCUT2D eigenvalue weighted by Gasteiger charge is 2.29. The van der Waals surface area contributed by atoms with E-state index in [1.165, 1.54) is 17.0 Å². The Balaban J connectivity index is 0.00000324. The third-order valence-corrected chi connectivity index (χ3v) is 5.12.